The molecule has 0 radical (unpaired) electrons. The summed E-state index contributed by atoms with van der Waals surface area (Å²) in [6.45, 7) is 6.38. The van der Waals surface area contributed by atoms with Crippen LogP contribution in [-0.2, 0) is 0 Å². The first kappa shape index (κ1) is 14.7. The van der Waals surface area contributed by atoms with Crippen LogP contribution in [0.3, 0.4) is 0 Å². The quantitative estimate of drug-likeness (QED) is 0.380. The van der Waals surface area contributed by atoms with Crippen molar-refractivity contribution >= 4 is 11.5 Å². The Morgan fingerprint density at radius 1 is 1.40 bits per heavy atom. The zero-order chi connectivity index (χ0) is 14.9. The van der Waals surface area contributed by atoms with Crippen molar-refractivity contribution in [3.63, 3.8) is 0 Å². The summed E-state index contributed by atoms with van der Waals surface area (Å²) in [5.74, 6) is 0.809. The van der Waals surface area contributed by atoms with Crippen molar-refractivity contribution in [2.45, 2.75) is 19.9 Å². The Labute approximate surface area is 120 Å². The van der Waals surface area contributed by atoms with Gasteiger partial charge in [0.05, 0.1) is 0 Å². The van der Waals surface area contributed by atoms with E-state index in [9.17, 15) is 0 Å². The molecule has 0 aromatic heterocycles. The van der Waals surface area contributed by atoms with E-state index in [1.54, 1.807) is 0 Å². The average molecular weight is 276 g/mol. The molecule has 0 amide bonds. The molecule has 1 heterocycles. The Kier molecular flexibility index (Phi) is 4.18. The number of aryl methyl sites for hydroxylation is 1. The van der Waals surface area contributed by atoms with Gasteiger partial charge < -0.3 is 20.7 Å². The van der Waals surface area contributed by atoms with Crippen molar-refractivity contribution in [3.8, 4) is 0 Å². The van der Waals surface area contributed by atoms with Gasteiger partial charge in [0.15, 0.2) is 5.84 Å². The van der Waals surface area contributed by atoms with E-state index in [2.05, 4.69) is 42.0 Å². The first-order chi connectivity index (χ1) is 9.43. The maximum absolute atomic E-state index is 8.77. The van der Waals surface area contributed by atoms with Crippen LogP contribution in [0.1, 0.15) is 18.1 Å². The van der Waals surface area contributed by atoms with Gasteiger partial charge >= 0.3 is 0 Å². The molecule has 2 rings (SSSR count). The van der Waals surface area contributed by atoms with Crippen LogP contribution in [0.4, 0.5) is 5.69 Å². The fourth-order valence-electron chi connectivity index (χ4n) is 3.02. The number of benzene rings is 1. The second-order valence-corrected chi connectivity index (χ2v) is 5.90. The fraction of sp³-hybridized carbons (Fsp3) is 0.533. The minimum Gasteiger partial charge on any atom is -0.409 e. The standard InChI is InChI=1S/C15H24N4O/c1-10-7-12(5-6-13(10)15(16)17-20)19-8-11(2)14(9-19)18(3)4/h5-7,11,14,20H,8-9H2,1-4H3,(H2,16,17). The predicted molar refractivity (Wildman–Crippen MR) is 82.5 cm³/mol. The van der Waals surface area contributed by atoms with Gasteiger partial charge in [0.25, 0.3) is 0 Å². The number of hydrogen-bond donors (Lipinski definition) is 2. The minimum absolute atomic E-state index is 0.162. The number of rotatable bonds is 3. The monoisotopic (exact) mass is 276 g/mol. The Bertz CT molecular complexity index is 513. The molecule has 0 bridgehead atoms. The van der Waals surface area contributed by atoms with E-state index in [0.717, 1.165) is 24.2 Å². The maximum atomic E-state index is 8.77. The third-order valence-electron chi connectivity index (χ3n) is 4.19. The van der Waals surface area contributed by atoms with E-state index in [1.165, 1.54) is 5.69 Å². The summed E-state index contributed by atoms with van der Waals surface area (Å²) in [5.41, 5.74) is 8.68. The van der Waals surface area contributed by atoms with Crippen LogP contribution in [0.2, 0.25) is 0 Å². The first-order valence-corrected chi connectivity index (χ1v) is 6.94. The number of anilines is 1. The van der Waals surface area contributed by atoms with E-state index in [4.69, 9.17) is 10.9 Å². The summed E-state index contributed by atoms with van der Waals surface area (Å²) in [7, 11) is 4.27. The molecule has 5 nitrogen and oxygen atoms in total. The molecule has 5 heteroatoms. The lowest BCUT2D eigenvalue weighted by Gasteiger charge is -2.23. The van der Waals surface area contributed by atoms with E-state index in [1.807, 2.05) is 19.1 Å². The van der Waals surface area contributed by atoms with Gasteiger partial charge in [0.2, 0.25) is 0 Å². The smallest absolute Gasteiger partial charge is 0.170 e. The average Bonchev–Trinajstić information content (AvgIpc) is 2.80. The Balaban J connectivity index is 2.21. The van der Waals surface area contributed by atoms with E-state index in [-0.39, 0.29) is 5.84 Å². The van der Waals surface area contributed by atoms with Crippen molar-refractivity contribution in [3.05, 3.63) is 29.3 Å². The van der Waals surface area contributed by atoms with Gasteiger partial charge in [-0.2, -0.15) is 0 Å². The van der Waals surface area contributed by atoms with Crippen molar-refractivity contribution in [2.24, 2.45) is 16.8 Å². The SMILES string of the molecule is Cc1cc(N2CC(C)C(N(C)C)C2)ccc1/C(N)=N/O. The number of nitrogens with zero attached hydrogens (tertiary/aromatic N) is 3. The number of amidine groups is 1. The van der Waals surface area contributed by atoms with Gasteiger partial charge in [-0.25, -0.2) is 0 Å². The topological polar surface area (TPSA) is 65.1 Å². The van der Waals surface area contributed by atoms with Crippen LogP contribution in [0.5, 0.6) is 0 Å². The van der Waals surface area contributed by atoms with Gasteiger partial charge in [0.1, 0.15) is 0 Å². The molecular formula is C15H24N4O. The number of likely N-dealkylation sites (N-methyl/N-ethyl adjacent to an activating group) is 1. The van der Waals surface area contributed by atoms with Gasteiger partial charge in [-0.3, -0.25) is 0 Å². The normalized spacial score (nSPS) is 23.6. The van der Waals surface area contributed by atoms with Crippen LogP contribution in [0.15, 0.2) is 23.4 Å². The molecule has 1 aliphatic heterocycles. The zero-order valence-corrected chi connectivity index (χ0v) is 12.7. The van der Waals surface area contributed by atoms with Crippen molar-refractivity contribution in [1.29, 1.82) is 0 Å². The third-order valence-corrected chi connectivity index (χ3v) is 4.19. The molecule has 0 saturated carbocycles. The van der Waals surface area contributed by atoms with Gasteiger partial charge in [-0.15, -0.1) is 0 Å². The molecule has 1 fully saturated rings. The summed E-state index contributed by atoms with van der Waals surface area (Å²) in [5, 5.41) is 11.8. The van der Waals surface area contributed by atoms with Gasteiger partial charge in [-0.05, 0) is 50.7 Å². The lowest BCUT2D eigenvalue weighted by molar-refractivity contribution is 0.266. The number of nitrogens with two attached hydrogens (primary N) is 1. The molecule has 2 atom stereocenters. The highest BCUT2D eigenvalue weighted by molar-refractivity contribution is 5.98. The molecule has 2 unspecified atom stereocenters. The third kappa shape index (κ3) is 2.72. The molecule has 0 spiro atoms. The van der Waals surface area contributed by atoms with E-state index < -0.39 is 0 Å². The molecule has 1 saturated heterocycles. The first-order valence-electron chi connectivity index (χ1n) is 6.94. The molecule has 3 N–H and O–H groups in total. The molecule has 20 heavy (non-hydrogen) atoms. The van der Waals surface area contributed by atoms with Crippen LogP contribution in [0, 0.1) is 12.8 Å². The highest BCUT2D eigenvalue weighted by atomic mass is 16.4. The highest BCUT2D eigenvalue weighted by Gasteiger charge is 2.31. The number of hydrogen-bond acceptors (Lipinski definition) is 4. The highest BCUT2D eigenvalue weighted by Crippen LogP contribution is 2.27. The fourth-order valence-corrected chi connectivity index (χ4v) is 3.02. The van der Waals surface area contributed by atoms with E-state index >= 15 is 0 Å². The molecular weight excluding hydrogens is 252 g/mol. The Hall–Kier alpha value is -1.75. The Morgan fingerprint density at radius 2 is 2.10 bits per heavy atom. The molecule has 110 valence electrons. The lowest BCUT2D eigenvalue weighted by atomic mass is 10.1. The van der Waals surface area contributed by atoms with E-state index in [0.29, 0.717) is 12.0 Å². The summed E-state index contributed by atoms with van der Waals surface area (Å²) in [6, 6.07) is 6.66. The second kappa shape index (κ2) is 5.71. The molecule has 0 aliphatic carbocycles. The number of oxime groups is 1. The summed E-state index contributed by atoms with van der Waals surface area (Å²) in [6.07, 6.45) is 0. The maximum Gasteiger partial charge on any atom is 0.170 e. The van der Waals surface area contributed by atoms with Crippen LogP contribution in [0.25, 0.3) is 0 Å². The molecule has 1 aromatic carbocycles. The largest absolute Gasteiger partial charge is 0.409 e. The van der Waals surface area contributed by atoms with Crippen molar-refractivity contribution in [1.82, 2.24) is 4.90 Å². The molecule has 1 aromatic rings. The van der Waals surface area contributed by atoms with Crippen molar-refractivity contribution in [2.75, 3.05) is 32.1 Å². The minimum atomic E-state index is 0.162. The van der Waals surface area contributed by atoms with Gasteiger partial charge in [0, 0.05) is 30.4 Å². The zero-order valence-electron chi connectivity index (χ0n) is 12.7. The Morgan fingerprint density at radius 3 is 2.60 bits per heavy atom. The van der Waals surface area contributed by atoms with Crippen molar-refractivity contribution < 1.29 is 5.21 Å². The van der Waals surface area contributed by atoms with Crippen LogP contribution < -0.4 is 10.6 Å². The summed E-state index contributed by atoms with van der Waals surface area (Å²) in [4.78, 5) is 4.70. The van der Waals surface area contributed by atoms with Crippen LogP contribution >= 0.6 is 0 Å². The second-order valence-electron chi connectivity index (χ2n) is 5.90. The lowest BCUT2D eigenvalue weighted by Crippen LogP contribution is -2.34. The molecule has 1 aliphatic rings. The summed E-state index contributed by atoms with van der Waals surface area (Å²) >= 11 is 0. The van der Waals surface area contributed by atoms with Gasteiger partial charge in [-0.1, -0.05) is 12.1 Å². The van der Waals surface area contributed by atoms with Crippen LogP contribution in [-0.4, -0.2) is 49.2 Å². The predicted octanol–water partition coefficient (Wildman–Crippen LogP) is 1.48. The summed E-state index contributed by atoms with van der Waals surface area (Å²) < 4.78 is 0.